The third-order valence-corrected chi connectivity index (χ3v) is 4.86. The quantitative estimate of drug-likeness (QED) is 0.651. The molecular formula is C20H32N4O2. The molecule has 6 nitrogen and oxygen atoms in total. The Kier molecular flexibility index (Phi) is 7.60. The Morgan fingerprint density at radius 1 is 1.23 bits per heavy atom. The Morgan fingerprint density at radius 2 is 1.92 bits per heavy atom. The molecule has 0 spiro atoms. The maximum atomic E-state index is 13.0. The average Bonchev–Trinajstić information content (AvgIpc) is 3.08. The standard InChI is InChI=1S/C20H32N4O2/c1-14(2)18(23-19(25)15(3)21)20(26)24-11-7-10-17(24)13-22-12-16-8-5-4-6-9-16/h4-6,8-9,14-15,17-18,22H,7,10-13,21H2,1-3H3,(H,23,25)/t15-,17-,18-/m0/s1. The van der Waals surface area contributed by atoms with E-state index in [1.54, 1.807) is 6.92 Å². The van der Waals surface area contributed by atoms with Crippen LogP contribution in [0.5, 0.6) is 0 Å². The number of likely N-dealkylation sites (tertiary alicyclic amines) is 1. The Hall–Kier alpha value is -1.92. The summed E-state index contributed by atoms with van der Waals surface area (Å²) in [4.78, 5) is 26.9. The van der Waals surface area contributed by atoms with Crippen LogP contribution in [0, 0.1) is 5.92 Å². The lowest BCUT2D eigenvalue weighted by atomic mass is 10.0. The summed E-state index contributed by atoms with van der Waals surface area (Å²) >= 11 is 0. The van der Waals surface area contributed by atoms with Crippen LogP contribution in [0.1, 0.15) is 39.2 Å². The first kappa shape index (κ1) is 20.4. The molecule has 0 bridgehead atoms. The summed E-state index contributed by atoms with van der Waals surface area (Å²) in [5.74, 6) is -0.267. The minimum Gasteiger partial charge on any atom is -0.343 e. The maximum absolute atomic E-state index is 13.0. The van der Waals surface area contributed by atoms with Gasteiger partial charge >= 0.3 is 0 Å². The van der Waals surface area contributed by atoms with Gasteiger partial charge < -0.3 is 21.3 Å². The van der Waals surface area contributed by atoms with E-state index in [9.17, 15) is 9.59 Å². The zero-order valence-corrected chi connectivity index (χ0v) is 16.1. The summed E-state index contributed by atoms with van der Waals surface area (Å²) in [6.07, 6.45) is 1.98. The number of benzene rings is 1. The van der Waals surface area contributed by atoms with Crippen molar-refractivity contribution in [3.05, 3.63) is 35.9 Å². The van der Waals surface area contributed by atoms with Crippen molar-refractivity contribution in [2.75, 3.05) is 13.1 Å². The van der Waals surface area contributed by atoms with Gasteiger partial charge in [0.1, 0.15) is 6.04 Å². The van der Waals surface area contributed by atoms with Crippen molar-refractivity contribution in [3.63, 3.8) is 0 Å². The van der Waals surface area contributed by atoms with Gasteiger partial charge in [-0.2, -0.15) is 0 Å². The molecule has 0 aliphatic carbocycles. The van der Waals surface area contributed by atoms with Gasteiger partial charge in [-0.05, 0) is 31.2 Å². The fourth-order valence-corrected chi connectivity index (χ4v) is 3.29. The predicted molar refractivity (Wildman–Crippen MR) is 103 cm³/mol. The molecule has 1 aromatic rings. The third kappa shape index (κ3) is 5.54. The Balaban J connectivity index is 1.93. The summed E-state index contributed by atoms with van der Waals surface area (Å²) < 4.78 is 0. The van der Waals surface area contributed by atoms with Crippen molar-refractivity contribution in [3.8, 4) is 0 Å². The van der Waals surface area contributed by atoms with Gasteiger partial charge in [0, 0.05) is 25.7 Å². The van der Waals surface area contributed by atoms with E-state index in [0.717, 1.165) is 32.5 Å². The van der Waals surface area contributed by atoms with E-state index in [1.165, 1.54) is 5.56 Å². The topological polar surface area (TPSA) is 87.5 Å². The van der Waals surface area contributed by atoms with Gasteiger partial charge in [-0.15, -0.1) is 0 Å². The van der Waals surface area contributed by atoms with Gasteiger partial charge in [0.2, 0.25) is 11.8 Å². The molecular weight excluding hydrogens is 328 g/mol. The van der Waals surface area contributed by atoms with Crippen LogP contribution in [0.4, 0.5) is 0 Å². The van der Waals surface area contributed by atoms with Crippen LogP contribution in [-0.4, -0.2) is 47.9 Å². The van der Waals surface area contributed by atoms with Crippen LogP contribution in [0.15, 0.2) is 30.3 Å². The highest BCUT2D eigenvalue weighted by atomic mass is 16.2. The molecule has 2 amide bonds. The first-order valence-electron chi connectivity index (χ1n) is 9.51. The molecule has 1 heterocycles. The molecule has 144 valence electrons. The van der Waals surface area contributed by atoms with Crippen LogP contribution < -0.4 is 16.4 Å². The van der Waals surface area contributed by atoms with E-state index in [0.29, 0.717) is 0 Å². The number of nitrogens with one attached hydrogen (secondary N) is 2. The van der Waals surface area contributed by atoms with Gasteiger partial charge in [-0.3, -0.25) is 9.59 Å². The van der Waals surface area contributed by atoms with Crippen LogP contribution in [-0.2, 0) is 16.1 Å². The molecule has 1 aliphatic rings. The van der Waals surface area contributed by atoms with Crippen LogP contribution in [0.3, 0.4) is 0 Å². The van der Waals surface area contributed by atoms with E-state index >= 15 is 0 Å². The second-order valence-corrected chi connectivity index (χ2v) is 7.46. The number of nitrogens with zero attached hydrogens (tertiary/aromatic N) is 1. The summed E-state index contributed by atoms with van der Waals surface area (Å²) in [5, 5.41) is 6.27. The van der Waals surface area contributed by atoms with Crippen LogP contribution in [0.2, 0.25) is 0 Å². The van der Waals surface area contributed by atoms with Crippen molar-refractivity contribution >= 4 is 11.8 Å². The number of carbonyl (C=O) groups is 2. The van der Waals surface area contributed by atoms with E-state index in [1.807, 2.05) is 36.9 Å². The van der Waals surface area contributed by atoms with Crippen molar-refractivity contribution < 1.29 is 9.59 Å². The van der Waals surface area contributed by atoms with Crippen LogP contribution in [0.25, 0.3) is 0 Å². The summed E-state index contributed by atoms with van der Waals surface area (Å²) in [5.41, 5.74) is 6.87. The molecule has 0 radical (unpaired) electrons. The van der Waals surface area contributed by atoms with Crippen molar-refractivity contribution in [1.29, 1.82) is 0 Å². The molecule has 1 aromatic carbocycles. The molecule has 0 saturated carbocycles. The fraction of sp³-hybridized carbons (Fsp3) is 0.600. The van der Waals surface area contributed by atoms with Crippen molar-refractivity contribution in [1.82, 2.24) is 15.5 Å². The highest BCUT2D eigenvalue weighted by molar-refractivity contribution is 5.90. The first-order chi connectivity index (χ1) is 12.4. The van der Waals surface area contributed by atoms with E-state index in [-0.39, 0.29) is 23.8 Å². The molecule has 1 saturated heterocycles. The maximum Gasteiger partial charge on any atom is 0.245 e. The largest absolute Gasteiger partial charge is 0.343 e. The molecule has 1 fully saturated rings. The third-order valence-electron chi connectivity index (χ3n) is 4.86. The van der Waals surface area contributed by atoms with Crippen molar-refractivity contribution in [2.24, 2.45) is 11.7 Å². The lowest BCUT2D eigenvalue weighted by molar-refractivity contribution is -0.138. The zero-order valence-electron chi connectivity index (χ0n) is 16.1. The Morgan fingerprint density at radius 3 is 2.54 bits per heavy atom. The molecule has 2 rings (SSSR count). The van der Waals surface area contributed by atoms with Gasteiger partial charge in [-0.1, -0.05) is 44.2 Å². The second kappa shape index (κ2) is 9.69. The molecule has 6 heteroatoms. The first-order valence-corrected chi connectivity index (χ1v) is 9.51. The lowest BCUT2D eigenvalue weighted by Gasteiger charge is -2.31. The SMILES string of the molecule is CC(C)[C@H](NC(=O)[C@H](C)N)C(=O)N1CCC[C@H]1CNCc1ccccc1. The molecule has 0 aromatic heterocycles. The monoisotopic (exact) mass is 360 g/mol. The lowest BCUT2D eigenvalue weighted by Crippen LogP contribution is -2.56. The Bertz CT molecular complexity index is 589. The smallest absolute Gasteiger partial charge is 0.245 e. The number of hydrogen-bond donors (Lipinski definition) is 3. The normalized spacial score (nSPS) is 19.4. The van der Waals surface area contributed by atoms with Gasteiger partial charge in [0.15, 0.2) is 0 Å². The number of nitrogens with two attached hydrogens (primary N) is 1. The molecule has 0 unspecified atom stereocenters. The number of hydrogen-bond acceptors (Lipinski definition) is 4. The van der Waals surface area contributed by atoms with Gasteiger partial charge in [0.25, 0.3) is 0 Å². The highest BCUT2D eigenvalue weighted by Gasteiger charge is 2.35. The van der Waals surface area contributed by atoms with E-state index in [2.05, 4.69) is 22.8 Å². The minimum absolute atomic E-state index is 0.00184. The Labute approximate surface area is 156 Å². The predicted octanol–water partition coefficient (Wildman–Crippen LogP) is 1.26. The molecule has 26 heavy (non-hydrogen) atoms. The highest BCUT2D eigenvalue weighted by Crippen LogP contribution is 2.20. The van der Waals surface area contributed by atoms with Gasteiger partial charge in [0.05, 0.1) is 6.04 Å². The van der Waals surface area contributed by atoms with E-state index in [4.69, 9.17) is 5.73 Å². The second-order valence-electron chi connectivity index (χ2n) is 7.46. The molecule has 3 atom stereocenters. The number of carbonyl (C=O) groups excluding carboxylic acids is 2. The zero-order chi connectivity index (χ0) is 19.1. The number of rotatable bonds is 8. The van der Waals surface area contributed by atoms with Crippen LogP contribution >= 0.6 is 0 Å². The summed E-state index contributed by atoms with van der Waals surface area (Å²) in [6.45, 7) is 7.81. The summed E-state index contributed by atoms with van der Waals surface area (Å²) in [6, 6.07) is 9.25. The minimum atomic E-state index is -0.619. The van der Waals surface area contributed by atoms with E-state index < -0.39 is 12.1 Å². The molecule has 1 aliphatic heterocycles. The summed E-state index contributed by atoms with van der Waals surface area (Å²) in [7, 11) is 0. The average molecular weight is 361 g/mol. The fourth-order valence-electron chi connectivity index (χ4n) is 3.29. The number of amides is 2. The van der Waals surface area contributed by atoms with Gasteiger partial charge in [-0.25, -0.2) is 0 Å². The molecule has 4 N–H and O–H groups in total. The van der Waals surface area contributed by atoms with Crippen molar-refractivity contribution in [2.45, 2.75) is 58.3 Å².